The lowest BCUT2D eigenvalue weighted by Crippen LogP contribution is -2.20. The van der Waals surface area contributed by atoms with Crippen LogP contribution in [0.15, 0.2) is 35.5 Å². The van der Waals surface area contributed by atoms with Crippen molar-refractivity contribution < 1.29 is 9.94 Å². The standard InChI is InChI=1S/C13H18N2O2/c1-17-14-13-9-15(8-12(13)10-16)7-11-5-3-2-4-6-11/h2-6,12,16H,7-10H2,1H3. The molecular weight excluding hydrogens is 216 g/mol. The first-order valence-electron chi connectivity index (χ1n) is 5.80. The molecule has 1 aliphatic heterocycles. The van der Waals surface area contributed by atoms with Gasteiger partial charge in [0.2, 0.25) is 0 Å². The minimum Gasteiger partial charge on any atom is -0.399 e. The quantitative estimate of drug-likeness (QED) is 0.794. The van der Waals surface area contributed by atoms with Crippen molar-refractivity contribution in [2.75, 3.05) is 26.8 Å². The lowest BCUT2D eigenvalue weighted by Gasteiger charge is -2.14. The van der Waals surface area contributed by atoms with E-state index in [-0.39, 0.29) is 12.5 Å². The maximum Gasteiger partial charge on any atom is 0.106 e. The fraction of sp³-hybridized carbons (Fsp3) is 0.462. The molecule has 1 unspecified atom stereocenters. The van der Waals surface area contributed by atoms with Crippen molar-refractivity contribution in [2.45, 2.75) is 6.54 Å². The van der Waals surface area contributed by atoms with Gasteiger partial charge in [-0.2, -0.15) is 0 Å². The lowest BCUT2D eigenvalue weighted by atomic mass is 10.1. The molecule has 0 aromatic heterocycles. The van der Waals surface area contributed by atoms with E-state index in [0.717, 1.165) is 25.3 Å². The number of aliphatic hydroxyl groups excluding tert-OH is 1. The van der Waals surface area contributed by atoms with E-state index in [1.165, 1.54) is 5.56 Å². The lowest BCUT2D eigenvalue weighted by molar-refractivity contribution is 0.206. The predicted octanol–water partition coefficient (Wildman–Crippen LogP) is 1.11. The van der Waals surface area contributed by atoms with Crippen LogP contribution < -0.4 is 0 Å². The molecule has 4 nitrogen and oxygen atoms in total. The summed E-state index contributed by atoms with van der Waals surface area (Å²) in [7, 11) is 1.54. The molecule has 1 heterocycles. The maximum atomic E-state index is 9.28. The molecule has 0 radical (unpaired) electrons. The van der Waals surface area contributed by atoms with Gasteiger partial charge >= 0.3 is 0 Å². The normalized spacial score (nSPS) is 23.2. The summed E-state index contributed by atoms with van der Waals surface area (Å²) in [4.78, 5) is 7.08. The van der Waals surface area contributed by atoms with Gasteiger partial charge < -0.3 is 9.94 Å². The van der Waals surface area contributed by atoms with E-state index >= 15 is 0 Å². The Bertz CT molecular complexity index is 378. The molecule has 1 aliphatic rings. The molecule has 1 aromatic carbocycles. The van der Waals surface area contributed by atoms with Crippen LogP contribution in [-0.4, -0.2) is 42.5 Å². The van der Waals surface area contributed by atoms with Crippen LogP contribution in [0.3, 0.4) is 0 Å². The first-order chi connectivity index (χ1) is 8.33. The van der Waals surface area contributed by atoms with Gasteiger partial charge in [-0.3, -0.25) is 4.90 Å². The molecule has 1 N–H and O–H groups in total. The summed E-state index contributed by atoms with van der Waals surface area (Å²) in [5, 5.41) is 13.3. The third-order valence-electron chi connectivity index (χ3n) is 3.01. The van der Waals surface area contributed by atoms with E-state index < -0.39 is 0 Å². The van der Waals surface area contributed by atoms with Gasteiger partial charge in [-0.25, -0.2) is 0 Å². The number of likely N-dealkylation sites (tertiary alicyclic amines) is 1. The molecule has 0 aliphatic carbocycles. The van der Waals surface area contributed by atoms with Gasteiger partial charge in [0.25, 0.3) is 0 Å². The molecule has 4 heteroatoms. The topological polar surface area (TPSA) is 45.1 Å². The number of rotatable bonds is 4. The fourth-order valence-corrected chi connectivity index (χ4v) is 2.19. The number of oxime groups is 1. The zero-order valence-corrected chi connectivity index (χ0v) is 10.0. The summed E-state index contributed by atoms with van der Waals surface area (Å²) in [6.07, 6.45) is 0. The number of nitrogens with zero attached hydrogens (tertiary/aromatic N) is 2. The highest BCUT2D eigenvalue weighted by molar-refractivity contribution is 5.90. The minimum absolute atomic E-state index is 0.110. The Morgan fingerprint density at radius 1 is 1.41 bits per heavy atom. The fourth-order valence-electron chi connectivity index (χ4n) is 2.19. The number of hydrogen-bond acceptors (Lipinski definition) is 4. The van der Waals surface area contributed by atoms with Crippen LogP contribution in [0.1, 0.15) is 5.56 Å². The Hall–Kier alpha value is -1.39. The van der Waals surface area contributed by atoms with E-state index in [0.29, 0.717) is 0 Å². The summed E-state index contributed by atoms with van der Waals surface area (Å²) >= 11 is 0. The minimum atomic E-state index is 0.110. The predicted molar refractivity (Wildman–Crippen MR) is 66.7 cm³/mol. The number of benzene rings is 1. The smallest absolute Gasteiger partial charge is 0.106 e. The zero-order valence-electron chi connectivity index (χ0n) is 10.0. The molecule has 17 heavy (non-hydrogen) atoms. The summed E-state index contributed by atoms with van der Waals surface area (Å²) in [5.74, 6) is 0.110. The molecule has 0 amide bonds. The van der Waals surface area contributed by atoms with Crippen molar-refractivity contribution in [3.63, 3.8) is 0 Å². The summed E-state index contributed by atoms with van der Waals surface area (Å²) in [6.45, 7) is 2.63. The van der Waals surface area contributed by atoms with Gasteiger partial charge in [0.05, 0.1) is 12.3 Å². The molecule has 1 atom stereocenters. The Kier molecular flexibility index (Phi) is 4.12. The van der Waals surface area contributed by atoms with Crippen molar-refractivity contribution in [3.05, 3.63) is 35.9 Å². The third kappa shape index (κ3) is 3.05. The molecule has 0 bridgehead atoms. The average Bonchev–Trinajstić information content (AvgIpc) is 2.73. The monoisotopic (exact) mass is 234 g/mol. The zero-order chi connectivity index (χ0) is 12.1. The Morgan fingerprint density at radius 2 is 2.18 bits per heavy atom. The van der Waals surface area contributed by atoms with Crippen LogP contribution in [0.2, 0.25) is 0 Å². The van der Waals surface area contributed by atoms with Crippen molar-refractivity contribution >= 4 is 5.71 Å². The number of aliphatic hydroxyl groups is 1. The van der Waals surface area contributed by atoms with Crippen LogP contribution in [-0.2, 0) is 11.4 Å². The highest BCUT2D eigenvalue weighted by atomic mass is 16.6. The highest BCUT2D eigenvalue weighted by Gasteiger charge is 2.28. The molecule has 2 rings (SSSR count). The average molecular weight is 234 g/mol. The van der Waals surface area contributed by atoms with Crippen LogP contribution in [0, 0.1) is 5.92 Å². The molecule has 1 saturated heterocycles. The number of hydrogen-bond donors (Lipinski definition) is 1. The van der Waals surface area contributed by atoms with Crippen molar-refractivity contribution in [1.29, 1.82) is 0 Å². The summed E-state index contributed by atoms with van der Waals surface area (Å²) < 4.78 is 0. The van der Waals surface area contributed by atoms with Gasteiger partial charge in [-0.05, 0) is 5.56 Å². The van der Waals surface area contributed by atoms with E-state index in [1.54, 1.807) is 7.11 Å². The van der Waals surface area contributed by atoms with Crippen LogP contribution >= 0.6 is 0 Å². The second-order valence-electron chi connectivity index (χ2n) is 4.30. The molecule has 1 fully saturated rings. The van der Waals surface area contributed by atoms with Crippen molar-refractivity contribution in [3.8, 4) is 0 Å². The second kappa shape index (κ2) is 5.80. The molecular formula is C13H18N2O2. The molecule has 92 valence electrons. The summed E-state index contributed by atoms with van der Waals surface area (Å²) in [5.41, 5.74) is 2.22. The van der Waals surface area contributed by atoms with Crippen molar-refractivity contribution in [2.24, 2.45) is 11.1 Å². The Labute approximate surface area is 101 Å². The van der Waals surface area contributed by atoms with Gasteiger partial charge in [0.1, 0.15) is 7.11 Å². The van der Waals surface area contributed by atoms with Gasteiger partial charge in [-0.1, -0.05) is 35.5 Å². The van der Waals surface area contributed by atoms with E-state index in [2.05, 4.69) is 22.2 Å². The van der Waals surface area contributed by atoms with Crippen molar-refractivity contribution in [1.82, 2.24) is 4.90 Å². The Balaban J connectivity index is 1.99. The van der Waals surface area contributed by atoms with Crippen LogP contribution in [0.4, 0.5) is 0 Å². The van der Waals surface area contributed by atoms with E-state index in [1.807, 2.05) is 18.2 Å². The van der Waals surface area contributed by atoms with Gasteiger partial charge in [-0.15, -0.1) is 0 Å². The second-order valence-corrected chi connectivity index (χ2v) is 4.30. The Morgan fingerprint density at radius 3 is 2.82 bits per heavy atom. The van der Waals surface area contributed by atoms with Gasteiger partial charge in [0, 0.05) is 25.6 Å². The van der Waals surface area contributed by atoms with E-state index in [9.17, 15) is 5.11 Å². The SMILES string of the molecule is CON=C1CN(Cc2ccccc2)CC1CO. The molecule has 1 aromatic rings. The van der Waals surface area contributed by atoms with Crippen LogP contribution in [0.5, 0.6) is 0 Å². The summed E-state index contributed by atoms with van der Waals surface area (Å²) in [6, 6.07) is 10.3. The largest absolute Gasteiger partial charge is 0.399 e. The third-order valence-corrected chi connectivity index (χ3v) is 3.01. The molecule has 0 saturated carbocycles. The van der Waals surface area contributed by atoms with Crippen LogP contribution in [0.25, 0.3) is 0 Å². The first kappa shape index (κ1) is 12.1. The maximum absolute atomic E-state index is 9.28. The molecule has 0 spiro atoms. The first-order valence-corrected chi connectivity index (χ1v) is 5.80. The van der Waals surface area contributed by atoms with E-state index in [4.69, 9.17) is 4.84 Å². The van der Waals surface area contributed by atoms with Gasteiger partial charge in [0.15, 0.2) is 0 Å². The highest BCUT2D eigenvalue weighted by Crippen LogP contribution is 2.16.